The maximum absolute atomic E-state index is 12.9. The van der Waals surface area contributed by atoms with Crippen LogP contribution in [0.1, 0.15) is 42.7 Å². The largest absolute Gasteiger partial charge is 0.471 e. The Morgan fingerprint density at radius 2 is 1.75 bits per heavy atom. The summed E-state index contributed by atoms with van der Waals surface area (Å²) in [6.07, 6.45) is -3.18. The van der Waals surface area contributed by atoms with E-state index in [2.05, 4.69) is 25.3 Å². The van der Waals surface area contributed by atoms with Gasteiger partial charge in [-0.05, 0) is 24.6 Å². The molecule has 2 heterocycles. The van der Waals surface area contributed by atoms with E-state index < -0.39 is 36.5 Å². The van der Waals surface area contributed by atoms with Crippen LogP contribution in [0.2, 0.25) is 0 Å². The van der Waals surface area contributed by atoms with Crippen LogP contribution < -0.4 is 15.4 Å². The molecule has 2 aromatic rings. The molecule has 2 rings (SSSR count). The molecule has 1 atom stereocenters. The minimum absolute atomic E-state index is 0.211. The van der Waals surface area contributed by atoms with E-state index in [4.69, 9.17) is 0 Å². The normalized spacial score (nSPS) is 12.9. The van der Waals surface area contributed by atoms with Crippen LogP contribution in [0.25, 0.3) is 0 Å². The fraction of sp³-hybridized carbons (Fsp3) is 0.400. The van der Waals surface area contributed by atoms with Gasteiger partial charge in [0.1, 0.15) is 5.82 Å². The van der Waals surface area contributed by atoms with Crippen LogP contribution >= 0.6 is 0 Å². The predicted molar refractivity (Wildman–Crippen MR) is 104 cm³/mol. The van der Waals surface area contributed by atoms with Gasteiger partial charge in [0.2, 0.25) is 11.8 Å². The number of hydrogen-bond acceptors (Lipinski definition) is 5. The molecule has 0 bridgehead atoms. The number of carbonyl (C=O) groups is 2. The summed E-state index contributed by atoms with van der Waals surface area (Å²) in [6, 6.07) is 4.76. The van der Waals surface area contributed by atoms with Gasteiger partial charge in [0.25, 0.3) is 5.91 Å². The van der Waals surface area contributed by atoms with E-state index in [0.29, 0.717) is 5.56 Å². The topological polar surface area (TPSA) is 93.2 Å². The SMILES string of the molecule is CC(C)C(=O)Nc1cc(C(=O)NC(C)c2ccc(OCC(F)(F)C(F)(F)F)nc2)ccn1. The molecule has 0 radical (unpaired) electrons. The summed E-state index contributed by atoms with van der Waals surface area (Å²) in [5, 5.41) is 5.26. The third-order valence-corrected chi connectivity index (χ3v) is 4.22. The summed E-state index contributed by atoms with van der Waals surface area (Å²) in [5.74, 6) is -6.23. The average molecular weight is 460 g/mol. The first-order valence-corrected chi connectivity index (χ1v) is 9.41. The van der Waals surface area contributed by atoms with Crippen molar-refractivity contribution in [2.75, 3.05) is 11.9 Å². The number of nitrogens with one attached hydrogen (secondary N) is 2. The summed E-state index contributed by atoms with van der Waals surface area (Å²) in [6.45, 7) is 3.14. The number of hydrogen-bond donors (Lipinski definition) is 2. The Morgan fingerprint density at radius 3 is 2.31 bits per heavy atom. The number of aromatic nitrogens is 2. The Kier molecular flexibility index (Phi) is 7.70. The molecular weight excluding hydrogens is 439 g/mol. The fourth-order valence-corrected chi connectivity index (χ4v) is 2.25. The van der Waals surface area contributed by atoms with Crippen LogP contribution in [0.5, 0.6) is 5.88 Å². The highest BCUT2D eigenvalue weighted by Gasteiger charge is 2.58. The van der Waals surface area contributed by atoms with Crippen molar-refractivity contribution in [3.05, 3.63) is 47.8 Å². The van der Waals surface area contributed by atoms with Gasteiger partial charge in [-0.15, -0.1) is 0 Å². The minimum atomic E-state index is -5.73. The van der Waals surface area contributed by atoms with Gasteiger partial charge in [0, 0.05) is 29.9 Å². The second-order valence-electron chi connectivity index (χ2n) is 7.19. The molecule has 2 N–H and O–H groups in total. The highest BCUT2D eigenvalue weighted by Crippen LogP contribution is 2.35. The van der Waals surface area contributed by atoms with Crippen molar-refractivity contribution in [3.8, 4) is 5.88 Å². The summed E-state index contributed by atoms with van der Waals surface area (Å²) >= 11 is 0. The molecule has 12 heteroatoms. The first-order valence-electron chi connectivity index (χ1n) is 9.41. The van der Waals surface area contributed by atoms with Gasteiger partial charge in [-0.25, -0.2) is 9.97 Å². The minimum Gasteiger partial charge on any atom is -0.471 e. The van der Waals surface area contributed by atoms with E-state index in [-0.39, 0.29) is 23.2 Å². The number of rotatable bonds is 8. The molecule has 0 fully saturated rings. The van der Waals surface area contributed by atoms with Crippen molar-refractivity contribution in [1.29, 1.82) is 0 Å². The molecule has 0 aliphatic carbocycles. The highest BCUT2D eigenvalue weighted by molar-refractivity contribution is 5.97. The summed E-state index contributed by atoms with van der Waals surface area (Å²) < 4.78 is 66.8. The number of anilines is 1. The molecule has 0 aliphatic heterocycles. The summed E-state index contributed by atoms with van der Waals surface area (Å²) in [4.78, 5) is 31.9. The van der Waals surface area contributed by atoms with Crippen molar-refractivity contribution in [1.82, 2.24) is 15.3 Å². The Labute approximate surface area is 180 Å². The third-order valence-electron chi connectivity index (χ3n) is 4.22. The molecule has 32 heavy (non-hydrogen) atoms. The molecule has 0 saturated heterocycles. The van der Waals surface area contributed by atoms with Gasteiger partial charge in [-0.2, -0.15) is 22.0 Å². The molecule has 1 unspecified atom stereocenters. The Morgan fingerprint density at radius 1 is 1.06 bits per heavy atom. The van der Waals surface area contributed by atoms with E-state index in [1.165, 1.54) is 30.6 Å². The predicted octanol–water partition coefficient (Wildman–Crippen LogP) is 4.14. The van der Waals surface area contributed by atoms with Crippen LogP contribution in [0.4, 0.5) is 27.8 Å². The van der Waals surface area contributed by atoms with Crippen molar-refractivity contribution in [2.24, 2.45) is 5.92 Å². The first-order chi connectivity index (χ1) is 14.8. The molecule has 2 aromatic heterocycles. The maximum Gasteiger partial charge on any atom is 0.456 e. The van der Waals surface area contributed by atoms with Crippen molar-refractivity contribution in [3.63, 3.8) is 0 Å². The fourth-order valence-electron chi connectivity index (χ4n) is 2.25. The Balaban J connectivity index is 1.98. The number of nitrogens with zero attached hydrogens (tertiary/aromatic N) is 2. The quantitative estimate of drug-likeness (QED) is 0.578. The number of ether oxygens (including phenoxy) is 1. The molecule has 0 aliphatic rings. The molecule has 2 amide bonds. The van der Waals surface area contributed by atoms with Gasteiger partial charge >= 0.3 is 12.1 Å². The maximum atomic E-state index is 12.9. The van der Waals surface area contributed by atoms with Crippen LogP contribution in [-0.2, 0) is 4.79 Å². The zero-order valence-electron chi connectivity index (χ0n) is 17.3. The van der Waals surface area contributed by atoms with Gasteiger partial charge in [0.05, 0.1) is 6.04 Å². The van der Waals surface area contributed by atoms with Gasteiger partial charge in [-0.3, -0.25) is 9.59 Å². The van der Waals surface area contributed by atoms with Crippen LogP contribution in [0, 0.1) is 5.92 Å². The van der Waals surface area contributed by atoms with Crippen LogP contribution in [0.3, 0.4) is 0 Å². The van der Waals surface area contributed by atoms with E-state index in [1.807, 2.05) is 0 Å². The van der Waals surface area contributed by atoms with Gasteiger partial charge in [0.15, 0.2) is 6.61 Å². The van der Waals surface area contributed by atoms with Gasteiger partial charge < -0.3 is 15.4 Å². The van der Waals surface area contributed by atoms with Crippen LogP contribution in [0.15, 0.2) is 36.7 Å². The molecule has 0 spiro atoms. The molecule has 0 saturated carbocycles. The van der Waals surface area contributed by atoms with Crippen LogP contribution in [-0.4, -0.2) is 40.5 Å². The number of alkyl halides is 5. The third kappa shape index (κ3) is 6.59. The lowest BCUT2D eigenvalue weighted by molar-refractivity contribution is -0.290. The zero-order chi connectivity index (χ0) is 24.1. The lowest BCUT2D eigenvalue weighted by Crippen LogP contribution is -2.41. The Bertz CT molecular complexity index is 949. The summed E-state index contributed by atoms with van der Waals surface area (Å²) in [5.41, 5.74) is 0.684. The van der Waals surface area contributed by atoms with E-state index >= 15 is 0 Å². The van der Waals surface area contributed by atoms with E-state index in [1.54, 1.807) is 20.8 Å². The number of carbonyl (C=O) groups excluding carboxylic acids is 2. The molecule has 7 nitrogen and oxygen atoms in total. The van der Waals surface area contributed by atoms with E-state index in [9.17, 15) is 31.5 Å². The number of halogens is 5. The smallest absolute Gasteiger partial charge is 0.456 e. The van der Waals surface area contributed by atoms with Crippen molar-refractivity contribution < 1.29 is 36.3 Å². The van der Waals surface area contributed by atoms with E-state index in [0.717, 1.165) is 6.07 Å². The summed E-state index contributed by atoms with van der Waals surface area (Å²) in [7, 11) is 0. The highest BCUT2D eigenvalue weighted by atomic mass is 19.4. The number of pyridine rings is 2. The van der Waals surface area contributed by atoms with Crippen molar-refractivity contribution in [2.45, 2.75) is 38.9 Å². The molecule has 174 valence electrons. The molecular formula is C20H21F5N4O3. The second-order valence-corrected chi connectivity index (χ2v) is 7.19. The number of amides is 2. The lowest BCUT2D eigenvalue weighted by Gasteiger charge is -2.19. The monoisotopic (exact) mass is 460 g/mol. The van der Waals surface area contributed by atoms with Crippen molar-refractivity contribution >= 4 is 17.6 Å². The molecule has 0 aromatic carbocycles. The average Bonchev–Trinajstić information content (AvgIpc) is 2.72. The Hall–Kier alpha value is -3.31. The first kappa shape index (κ1) is 25.0. The standard InChI is InChI=1S/C20H21F5N4O3/c1-11(2)17(30)29-15-8-13(6-7-26-15)18(31)28-12(3)14-4-5-16(27-9-14)32-10-19(21,22)20(23,24)25/h4-9,11-12H,10H2,1-3H3,(H,28,31)(H,26,29,30). The lowest BCUT2D eigenvalue weighted by atomic mass is 10.1. The second kappa shape index (κ2) is 9.88. The van der Waals surface area contributed by atoms with Gasteiger partial charge in [-0.1, -0.05) is 19.9 Å². The zero-order valence-corrected chi connectivity index (χ0v) is 17.3.